The number of hydrogen-bond donors (Lipinski definition) is 1. The summed E-state index contributed by atoms with van der Waals surface area (Å²) in [5.41, 5.74) is 7.01. The van der Waals surface area contributed by atoms with Gasteiger partial charge in [-0.2, -0.15) is 0 Å². The van der Waals surface area contributed by atoms with Crippen LogP contribution in [0.25, 0.3) is 0 Å². The van der Waals surface area contributed by atoms with E-state index in [-0.39, 0.29) is 0 Å². The molecule has 0 aliphatic carbocycles. The van der Waals surface area contributed by atoms with E-state index in [2.05, 4.69) is 38.7 Å². The van der Waals surface area contributed by atoms with E-state index in [1.165, 1.54) is 44.3 Å². The molecule has 122 valence electrons. The fourth-order valence-electron chi connectivity index (χ4n) is 2.29. The van der Waals surface area contributed by atoms with Gasteiger partial charge in [-0.05, 0) is 59.0 Å². The average molecular weight is 285 g/mol. The first-order chi connectivity index (χ1) is 9.51. The van der Waals surface area contributed by atoms with E-state index >= 15 is 0 Å². The standard InChI is InChI=1S/C11H24N2.C5H10.C2H6/c1-10(2)9-13-8-4-3-5-11(13)6-7-12;1-4-5(2)3;1-2/h10-11H,3-9,12H2,1-2H3;4H,1-3H3;1-2H3. The second-order valence-electron chi connectivity index (χ2n) is 5.98. The van der Waals surface area contributed by atoms with E-state index in [0.717, 1.165) is 18.5 Å². The molecule has 1 rings (SSSR count). The van der Waals surface area contributed by atoms with Crippen molar-refractivity contribution in [2.45, 2.75) is 80.2 Å². The normalized spacial score (nSPS) is 18.6. The van der Waals surface area contributed by atoms with Crippen molar-refractivity contribution in [3.05, 3.63) is 11.6 Å². The van der Waals surface area contributed by atoms with Gasteiger partial charge >= 0.3 is 0 Å². The molecule has 0 aromatic carbocycles. The molecule has 1 saturated heterocycles. The second kappa shape index (κ2) is 15.1. The van der Waals surface area contributed by atoms with E-state index in [0.29, 0.717) is 0 Å². The molecule has 1 unspecified atom stereocenters. The Morgan fingerprint density at radius 3 is 2.20 bits per heavy atom. The van der Waals surface area contributed by atoms with E-state index in [1.807, 2.05) is 20.8 Å². The lowest BCUT2D eigenvalue weighted by molar-refractivity contribution is 0.126. The SMILES string of the molecule is CC.CC(C)CN1CCCCC1CCN.CC=C(C)C. The van der Waals surface area contributed by atoms with Crippen molar-refractivity contribution in [1.82, 2.24) is 4.90 Å². The zero-order chi connectivity index (χ0) is 16.0. The molecule has 1 aliphatic rings. The Morgan fingerprint density at radius 1 is 1.25 bits per heavy atom. The van der Waals surface area contributed by atoms with Crippen molar-refractivity contribution >= 4 is 0 Å². The molecule has 2 N–H and O–H groups in total. The smallest absolute Gasteiger partial charge is 0.0107 e. The molecule has 0 spiro atoms. The molecule has 1 heterocycles. The van der Waals surface area contributed by atoms with Gasteiger partial charge in [0.15, 0.2) is 0 Å². The summed E-state index contributed by atoms with van der Waals surface area (Å²) in [5, 5.41) is 0. The minimum Gasteiger partial charge on any atom is -0.330 e. The number of hydrogen-bond acceptors (Lipinski definition) is 2. The molecular formula is C18H40N2. The summed E-state index contributed by atoms with van der Waals surface area (Å²) in [6, 6.07) is 0.779. The maximum atomic E-state index is 5.63. The van der Waals surface area contributed by atoms with Crippen LogP contribution in [-0.2, 0) is 0 Å². The first-order valence-electron chi connectivity index (χ1n) is 8.54. The number of allylic oxidation sites excluding steroid dienone is 2. The summed E-state index contributed by atoms with van der Waals surface area (Å²) in [6.07, 6.45) is 7.42. The van der Waals surface area contributed by atoms with Crippen molar-refractivity contribution in [3.8, 4) is 0 Å². The lowest BCUT2D eigenvalue weighted by atomic mass is 9.98. The van der Waals surface area contributed by atoms with Crippen LogP contribution in [0.3, 0.4) is 0 Å². The summed E-state index contributed by atoms with van der Waals surface area (Å²) < 4.78 is 0. The van der Waals surface area contributed by atoms with Gasteiger partial charge in [0, 0.05) is 12.6 Å². The van der Waals surface area contributed by atoms with E-state index in [4.69, 9.17) is 5.73 Å². The third kappa shape index (κ3) is 12.7. The van der Waals surface area contributed by atoms with E-state index in [9.17, 15) is 0 Å². The Balaban J connectivity index is 0. The molecule has 0 amide bonds. The third-order valence-electron chi connectivity index (χ3n) is 3.43. The Bertz CT molecular complexity index is 215. The van der Waals surface area contributed by atoms with Gasteiger partial charge in [-0.25, -0.2) is 0 Å². The Labute approximate surface area is 128 Å². The largest absolute Gasteiger partial charge is 0.330 e. The highest BCUT2D eigenvalue weighted by Gasteiger charge is 2.21. The summed E-state index contributed by atoms with van der Waals surface area (Å²) in [7, 11) is 0. The quantitative estimate of drug-likeness (QED) is 0.748. The first-order valence-corrected chi connectivity index (χ1v) is 8.54. The van der Waals surface area contributed by atoms with Gasteiger partial charge < -0.3 is 10.6 Å². The minimum atomic E-state index is 0.779. The lowest BCUT2D eigenvalue weighted by Crippen LogP contribution is -2.42. The Kier molecular flexibility index (Phi) is 16.5. The summed E-state index contributed by atoms with van der Waals surface area (Å²) in [5.74, 6) is 0.790. The Morgan fingerprint density at radius 2 is 1.80 bits per heavy atom. The van der Waals surface area contributed by atoms with Crippen molar-refractivity contribution in [2.75, 3.05) is 19.6 Å². The highest BCUT2D eigenvalue weighted by molar-refractivity contribution is 4.88. The zero-order valence-corrected chi connectivity index (χ0v) is 15.2. The van der Waals surface area contributed by atoms with E-state index in [1.54, 1.807) is 0 Å². The van der Waals surface area contributed by atoms with Gasteiger partial charge in [-0.15, -0.1) is 0 Å². The van der Waals surface area contributed by atoms with Crippen LogP contribution >= 0.6 is 0 Å². The van der Waals surface area contributed by atoms with Gasteiger partial charge in [0.25, 0.3) is 0 Å². The van der Waals surface area contributed by atoms with Crippen LogP contribution in [-0.4, -0.2) is 30.6 Å². The number of nitrogens with two attached hydrogens (primary N) is 1. The molecule has 1 atom stereocenters. The second-order valence-corrected chi connectivity index (χ2v) is 5.98. The van der Waals surface area contributed by atoms with E-state index < -0.39 is 0 Å². The van der Waals surface area contributed by atoms with Crippen LogP contribution in [0.15, 0.2) is 11.6 Å². The summed E-state index contributed by atoms with van der Waals surface area (Å²) >= 11 is 0. The zero-order valence-electron chi connectivity index (χ0n) is 15.2. The minimum absolute atomic E-state index is 0.779. The summed E-state index contributed by atoms with van der Waals surface area (Å²) in [6.45, 7) is 18.2. The van der Waals surface area contributed by atoms with Crippen molar-refractivity contribution in [2.24, 2.45) is 11.7 Å². The van der Waals surface area contributed by atoms with Gasteiger partial charge in [0.05, 0.1) is 0 Å². The molecule has 0 aromatic rings. The van der Waals surface area contributed by atoms with Crippen LogP contribution in [0.4, 0.5) is 0 Å². The average Bonchev–Trinajstić information content (AvgIpc) is 2.43. The van der Waals surface area contributed by atoms with Gasteiger partial charge in [0.1, 0.15) is 0 Å². The summed E-state index contributed by atoms with van der Waals surface area (Å²) in [4.78, 5) is 2.64. The van der Waals surface area contributed by atoms with Crippen LogP contribution in [0.2, 0.25) is 0 Å². The molecule has 0 bridgehead atoms. The monoisotopic (exact) mass is 284 g/mol. The van der Waals surface area contributed by atoms with Gasteiger partial charge in [0.2, 0.25) is 0 Å². The molecule has 1 aliphatic heterocycles. The fraction of sp³-hybridized carbons (Fsp3) is 0.889. The molecule has 0 saturated carbocycles. The molecule has 20 heavy (non-hydrogen) atoms. The number of nitrogens with zero attached hydrogens (tertiary/aromatic N) is 1. The van der Waals surface area contributed by atoms with Crippen LogP contribution in [0, 0.1) is 5.92 Å². The number of likely N-dealkylation sites (tertiary alicyclic amines) is 1. The van der Waals surface area contributed by atoms with Gasteiger partial charge in [-0.3, -0.25) is 0 Å². The van der Waals surface area contributed by atoms with Gasteiger partial charge in [-0.1, -0.05) is 45.8 Å². The number of piperidine rings is 1. The molecule has 2 heteroatoms. The predicted molar refractivity (Wildman–Crippen MR) is 94.2 cm³/mol. The van der Waals surface area contributed by atoms with Crippen molar-refractivity contribution in [1.29, 1.82) is 0 Å². The number of rotatable bonds is 4. The predicted octanol–water partition coefficient (Wildman–Crippen LogP) is 4.84. The lowest BCUT2D eigenvalue weighted by Gasteiger charge is -2.36. The maximum absolute atomic E-state index is 5.63. The molecule has 0 aromatic heterocycles. The highest BCUT2D eigenvalue weighted by atomic mass is 15.2. The van der Waals surface area contributed by atoms with Crippen LogP contribution in [0.1, 0.15) is 74.1 Å². The molecule has 1 fully saturated rings. The Hall–Kier alpha value is -0.340. The molecular weight excluding hydrogens is 244 g/mol. The topological polar surface area (TPSA) is 29.3 Å². The van der Waals surface area contributed by atoms with Crippen LogP contribution < -0.4 is 5.73 Å². The van der Waals surface area contributed by atoms with Crippen LogP contribution in [0.5, 0.6) is 0 Å². The third-order valence-corrected chi connectivity index (χ3v) is 3.43. The van der Waals surface area contributed by atoms with Crippen molar-refractivity contribution in [3.63, 3.8) is 0 Å². The first kappa shape index (κ1) is 21.9. The maximum Gasteiger partial charge on any atom is 0.0107 e. The molecule has 0 radical (unpaired) electrons. The highest BCUT2D eigenvalue weighted by Crippen LogP contribution is 2.20. The fourth-order valence-corrected chi connectivity index (χ4v) is 2.29. The van der Waals surface area contributed by atoms with Crippen molar-refractivity contribution < 1.29 is 0 Å². The molecule has 2 nitrogen and oxygen atoms in total.